The third-order valence-corrected chi connectivity index (χ3v) is 4.21. The Morgan fingerprint density at radius 1 is 1.25 bits per heavy atom. The van der Waals surface area contributed by atoms with E-state index in [1.54, 1.807) is 6.07 Å². The Hall–Kier alpha value is -1.55. The maximum Gasteiger partial charge on any atom is 0.125 e. The monoisotopic (exact) mass is 335 g/mol. The Balaban J connectivity index is 1.82. The second kappa shape index (κ2) is 5.44. The van der Waals surface area contributed by atoms with Gasteiger partial charge in [0.15, 0.2) is 0 Å². The van der Waals surface area contributed by atoms with Crippen LogP contribution in [0.3, 0.4) is 0 Å². The van der Waals surface area contributed by atoms with Gasteiger partial charge in [0.1, 0.15) is 11.6 Å². The van der Waals surface area contributed by atoms with Crippen LogP contribution in [-0.2, 0) is 6.42 Å². The zero-order valence-corrected chi connectivity index (χ0v) is 12.7. The fourth-order valence-corrected chi connectivity index (χ4v) is 2.76. The van der Waals surface area contributed by atoms with Crippen molar-refractivity contribution in [2.24, 2.45) is 0 Å². The van der Waals surface area contributed by atoms with Gasteiger partial charge in [-0.1, -0.05) is 6.07 Å². The summed E-state index contributed by atoms with van der Waals surface area (Å²) in [5.41, 5.74) is 3.18. The van der Waals surface area contributed by atoms with Gasteiger partial charge in [0.2, 0.25) is 0 Å². The molecule has 3 rings (SSSR count). The highest BCUT2D eigenvalue weighted by Gasteiger charge is 2.15. The minimum atomic E-state index is -0.245. The van der Waals surface area contributed by atoms with Crippen molar-refractivity contribution in [2.75, 3.05) is 11.9 Å². The van der Waals surface area contributed by atoms with E-state index in [1.807, 2.05) is 6.07 Å². The summed E-state index contributed by atoms with van der Waals surface area (Å²) in [6.45, 7) is 2.82. The lowest BCUT2D eigenvalue weighted by atomic mass is 10.0. The predicted octanol–water partition coefficient (Wildman–Crippen LogP) is 4.70. The molecule has 0 bridgehead atoms. The molecule has 0 aromatic heterocycles. The van der Waals surface area contributed by atoms with Crippen molar-refractivity contribution in [1.82, 2.24) is 0 Å². The van der Waals surface area contributed by atoms with E-state index in [0.717, 1.165) is 28.9 Å². The molecule has 0 saturated carbocycles. The van der Waals surface area contributed by atoms with Crippen molar-refractivity contribution in [1.29, 1.82) is 0 Å². The predicted molar refractivity (Wildman–Crippen MR) is 81.8 cm³/mol. The molecule has 1 aliphatic rings. The largest absolute Gasteiger partial charge is 0.493 e. The Morgan fingerprint density at radius 3 is 2.95 bits per heavy atom. The summed E-state index contributed by atoms with van der Waals surface area (Å²) >= 11 is 3.43. The third kappa shape index (κ3) is 2.66. The van der Waals surface area contributed by atoms with Crippen molar-refractivity contribution in [3.63, 3.8) is 0 Å². The molecule has 0 saturated heterocycles. The second-order valence-corrected chi connectivity index (χ2v) is 5.81. The average molecular weight is 336 g/mol. The molecule has 1 aliphatic heterocycles. The minimum absolute atomic E-state index is 0.0963. The van der Waals surface area contributed by atoms with Crippen LogP contribution < -0.4 is 10.1 Å². The highest BCUT2D eigenvalue weighted by Crippen LogP contribution is 2.31. The molecule has 1 heterocycles. The molecule has 0 spiro atoms. The number of anilines is 1. The van der Waals surface area contributed by atoms with Crippen LogP contribution in [0.25, 0.3) is 0 Å². The third-order valence-electron chi connectivity index (χ3n) is 3.51. The molecule has 4 heteroatoms. The first-order valence-electron chi connectivity index (χ1n) is 6.61. The van der Waals surface area contributed by atoms with Gasteiger partial charge >= 0.3 is 0 Å². The smallest absolute Gasteiger partial charge is 0.125 e. The van der Waals surface area contributed by atoms with E-state index >= 15 is 0 Å². The summed E-state index contributed by atoms with van der Waals surface area (Å²) in [5.74, 6) is 0.734. The molecule has 0 aliphatic carbocycles. The molecule has 1 N–H and O–H groups in total. The van der Waals surface area contributed by atoms with Crippen LogP contribution >= 0.6 is 15.9 Å². The SMILES string of the molecule is CC(Nc1cc(F)ccc1Br)c1ccc2c(c1)CCO2. The lowest BCUT2D eigenvalue weighted by Crippen LogP contribution is -2.07. The first-order valence-corrected chi connectivity index (χ1v) is 7.40. The first-order chi connectivity index (χ1) is 9.63. The number of rotatable bonds is 3. The summed E-state index contributed by atoms with van der Waals surface area (Å²) in [7, 11) is 0. The minimum Gasteiger partial charge on any atom is -0.493 e. The quantitative estimate of drug-likeness (QED) is 0.877. The van der Waals surface area contributed by atoms with Crippen molar-refractivity contribution in [3.05, 3.63) is 57.8 Å². The Morgan fingerprint density at radius 2 is 2.10 bits per heavy atom. The van der Waals surface area contributed by atoms with Gasteiger partial charge in [0.25, 0.3) is 0 Å². The van der Waals surface area contributed by atoms with E-state index in [1.165, 1.54) is 23.3 Å². The molecule has 104 valence electrons. The standard InChI is InChI=1S/C16H15BrFNO/c1-10(19-15-9-13(18)3-4-14(15)17)11-2-5-16-12(8-11)6-7-20-16/h2-5,8-10,19H,6-7H2,1H3. The van der Waals surface area contributed by atoms with Gasteiger partial charge in [-0.3, -0.25) is 0 Å². The van der Waals surface area contributed by atoms with Crippen molar-refractivity contribution in [3.8, 4) is 5.75 Å². The number of hydrogen-bond acceptors (Lipinski definition) is 2. The molecule has 2 nitrogen and oxygen atoms in total. The van der Waals surface area contributed by atoms with Crippen LogP contribution in [0.4, 0.5) is 10.1 Å². The molecule has 1 unspecified atom stereocenters. The van der Waals surface area contributed by atoms with Crippen LogP contribution in [0.1, 0.15) is 24.1 Å². The van der Waals surface area contributed by atoms with E-state index in [-0.39, 0.29) is 11.9 Å². The zero-order valence-electron chi connectivity index (χ0n) is 11.1. The van der Waals surface area contributed by atoms with Crippen LogP contribution in [0.15, 0.2) is 40.9 Å². The van der Waals surface area contributed by atoms with Gasteiger partial charge in [-0.15, -0.1) is 0 Å². The highest BCUT2D eigenvalue weighted by molar-refractivity contribution is 9.10. The van der Waals surface area contributed by atoms with Crippen molar-refractivity contribution >= 4 is 21.6 Å². The fraction of sp³-hybridized carbons (Fsp3) is 0.250. The lowest BCUT2D eigenvalue weighted by Gasteiger charge is -2.17. The summed E-state index contributed by atoms with van der Waals surface area (Å²) in [6.07, 6.45) is 0.958. The van der Waals surface area contributed by atoms with Crippen LogP contribution in [0.2, 0.25) is 0 Å². The Labute approximate surface area is 126 Å². The molecule has 1 atom stereocenters. The number of ether oxygens (including phenoxy) is 1. The first kappa shape index (κ1) is 13.4. The number of halogens is 2. The van der Waals surface area contributed by atoms with E-state index in [9.17, 15) is 4.39 Å². The number of benzene rings is 2. The summed E-state index contributed by atoms with van der Waals surface area (Å²) in [5, 5.41) is 3.33. The lowest BCUT2D eigenvalue weighted by molar-refractivity contribution is 0.357. The van der Waals surface area contributed by atoms with Crippen LogP contribution in [0, 0.1) is 5.82 Å². The average Bonchev–Trinajstić information content (AvgIpc) is 2.90. The fourth-order valence-electron chi connectivity index (χ4n) is 2.40. The normalized spacial score (nSPS) is 14.6. The van der Waals surface area contributed by atoms with Gasteiger partial charge in [-0.25, -0.2) is 4.39 Å². The molecule has 20 heavy (non-hydrogen) atoms. The second-order valence-electron chi connectivity index (χ2n) is 4.96. The summed E-state index contributed by atoms with van der Waals surface area (Å²) in [4.78, 5) is 0. The molecular weight excluding hydrogens is 321 g/mol. The van der Waals surface area contributed by atoms with Crippen molar-refractivity contribution < 1.29 is 9.13 Å². The summed E-state index contributed by atoms with van der Waals surface area (Å²) < 4.78 is 19.7. The van der Waals surface area contributed by atoms with E-state index < -0.39 is 0 Å². The van der Waals surface area contributed by atoms with Gasteiger partial charge < -0.3 is 10.1 Å². The van der Waals surface area contributed by atoms with Gasteiger partial charge in [-0.05, 0) is 64.3 Å². The van der Waals surface area contributed by atoms with E-state index in [0.29, 0.717) is 0 Å². The molecule has 2 aromatic carbocycles. The van der Waals surface area contributed by atoms with E-state index in [2.05, 4.69) is 40.3 Å². The van der Waals surface area contributed by atoms with E-state index in [4.69, 9.17) is 4.74 Å². The van der Waals surface area contributed by atoms with Gasteiger partial charge in [-0.2, -0.15) is 0 Å². The van der Waals surface area contributed by atoms with Gasteiger partial charge in [0.05, 0.1) is 12.3 Å². The number of hydrogen-bond donors (Lipinski definition) is 1. The molecule has 2 aromatic rings. The highest BCUT2D eigenvalue weighted by atomic mass is 79.9. The van der Waals surface area contributed by atoms with Crippen LogP contribution in [0.5, 0.6) is 5.75 Å². The number of nitrogens with one attached hydrogen (secondary N) is 1. The maximum absolute atomic E-state index is 13.3. The Bertz CT molecular complexity index is 644. The molecule has 0 fully saturated rings. The molecule has 0 radical (unpaired) electrons. The molecule has 0 amide bonds. The van der Waals surface area contributed by atoms with Gasteiger partial charge in [0, 0.05) is 16.9 Å². The topological polar surface area (TPSA) is 21.3 Å². The molecular formula is C16H15BrFNO. The Kier molecular flexibility index (Phi) is 3.66. The maximum atomic E-state index is 13.3. The number of fused-ring (bicyclic) bond motifs is 1. The van der Waals surface area contributed by atoms with Crippen molar-refractivity contribution in [2.45, 2.75) is 19.4 Å². The zero-order chi connectivity index (χ0) is 14.1. The summed E-state index contributed by atoms with van der Waals surface area (Å²) in [6, 6.07) is 11.0. The van der Waals surface area contributed by atoms with Crippen LogP contribution in [-0.4, -0.2) is 6.61 Å².